The quantitative estimate of drug-likeness (QED) is 0.261. The Balaban J connectivity index is 1.63. The molecule has 4 rings (SSSR count). The van der Waals surface area contributed by atoms with Crippen molar-refractivity contribution in [3.8, 4) is 17.2 Å². The third-order valence-corrected chi connectivity index (χ3v) is 6.58. The van der Waals surface area contributed by atoms with Gasteiger partial charge in [0.2, 0.25) is 0 Å². The Bertz CT molecular complexity index is 1240. The molecule has 2 atom stereocenters. The topological polar surface area (TPSA) is 111 Å². The number of alkyl halides is 1. The predicted molar refractivity (Wildman–Crippen MR) is 131 cm³/mol. The Kier molecular flexibility index (Phi) is 6.58. The van der Waals surface area contributed by atoms with Crippen LogP contribution in [0.2, 0.25) is 0 Å². The van der Waals surface area contributed by atoms with E-state index in [9.17, 15) is 19.8 Å². The first-order valence-electron chi connectivity index (χ1n) is 10.2. The van der Waals surface area contributed by atoms with E-state index in [4.69, 9.17) is 16.3 Å². The maximum absolute atomic E-state index is 13.2. The summed E-state index contributed by atoms with van der Waals surface area (Å²) in [4.78, 5) is 24.5. The summed E-state index contributed by atoms with van der Waals surface area (Å²) in [5, 5.41) is 24.6. The van der Waals surface area contributed by atoms with E-state index in [2.05, 4.69) is 26.7 Å². The van der Waals surface area contributed by atoms with Crippen LogP contribution in [0.4, 0.5) is 5.69 Å². The number of amides is 2. The highest BCUT2D eigenvalue weighted by atomic mass is 79.9. The standard InChI is InChI=1S/C24H21BrClN3O5/c1-34-20-11-6-14(12-19(20)31)21-24(26,13-27-16-9-7-15(25)8-10-16)23(33)29(21)28-22(32)17-4-2-3-5-18(17)30/h2-12,21,27,30-31H,13H2,1H3,(H,28,32). The zero-order chi connectivity index (χ0) is 24.5. The number of carbonyl (C=O) groups is 2. The van der Waals surface area contributed by atoms with Gasteiger partial charge >= 0.3 is 0 Å². The number of hydrogen-bond donors (Lipinski definition) is 4. The van der Waals surface area contributed by atoms with Gasteiger partial charge in [0.1, 0.15) is 11.8 Å². The predicted octanol–water partition coefficient (Wildman–Crippen LogP) is 4.19. The van der Waals surface area contributed by atoms with Crippen molar-refractivity contribution in [2.24, 2.45) is 0 Å². The van der Waals surface area contributed by atoms with Gasteiger partial charge in [-0.2, -0.15) is 0 Å². The lowest BCUT2D eigenvalue weighted by molar-refractivity contribution is -0.157. The Hall–Kier alpha value is -3.43. The Morgan fingerprint density at radius 1 is 1.12 bits per heavy atom. The van der Waals surface area contributed by atoms with Gasteiger partial charge < -0.3 is 20.3 Å². The Morgan fingerprint density at radius 2 is 1.82 bits per heavy atom. The van der Waals surface area contributed by atoms with E-state index in [0.717, 1.165) is 15.2 Å². The number of phenolic OH excluding ortho intramolecular Hbond substituents is 2. The number of hydrogen-bond acceptors (Lipinski definition) is 6. The minimum absolute atomic E-state index is 0.00619. The van der Waals surface area contributed by atoms with Gasteiger partial charge in [-0.25, -0.2) is 5.01 Å². The van der Waals surface area contributed by atoms with Crippen molar-refractivity contribution >= 4 is 45.0 Å². The summed E-state index contributed by atoms with van der Waals surface area (Å²) in [6.45, 7) is 0.0510. The molecular weight excluding hydrogens is 526 g/mol. The van der Waals surface area contributed by atoms with Gasteiger partial charge in [0.15, 0.2) is 16.4 Å². The summed E-state index contributed by atoms with van der Waals surface area (Å²) in [5.74, 6) is -1.31. The Labute approximate surface area is 209 Å². The van der Waals surface area contributed by atoms with Gasteiger partial charge in [0.25, 0.3) is 11.8 Å². The first kappa shape index (κ1) is 23.7. The van der Waals surface area contributed by atoms with Crippen molar-refractivity contribution in [3.63, 3.8) is 0 Å². The fourth-order valence-corrected chi connectivity index (χ4v) is 4.43. The van der Waals surface area contributed by atoms with Crippen LogP contribution in [0.5, 0.6) is 17.2 Å². The van der Waals surface area contributed by atoms with E-state index in [-0.39, 0.29) is 29.4 Å². The van der Waals surface area contributed by atoms with Crippen LogP contribution in [0, 0.1) is 0 Å². The lowest BCUT2D eigenvalue weighted by Crippen LogP contribution is -2.72. The molecule has 0 spiro atoms. The van der Waals surface area contributed by atoms with Crippen LogP contribution in [0.25, 0.3) is 0 Å². The van der Waals surface area contributed by atoms with Crippen LogP contribution in [0.1, 0.15) is 22.0 Å². The van der Waals surface area contributed by atoms with Crippen molar-refractivity contribution in [2.75, 3.05) is 19.0 Å². The summed E-state index contributed by atoms with van der Waals surface area (Å²) in [6.07, 6.45) is 0. The molecule has 176 valence electrons. The van der Waals surface area contributed by atoms with Crippen LogP contribution in [-0.4, -0.2) is 45.6 Å². The molecule has 2 amide bonds. The van der Waals surface area contributed by atoms with E-state index in [1.54, 1.807) is 24.3 Å². The van der Waals surface area contributed by atoms with E-state index >= 15 is 0 Å². The highest BCUT2D eigenvalue weighted by Gasteiger charge is 2.61. The largest absolute Gasteiger partial charge is 0.507 e. The maximum atomic E-state index is 13.2. The fourth-order valence-electron chi connectivity index (χ4n) is 3.78. The highest BCUT2D eigenvalue weighted by Crippen LogP contribution is 2.48. The molecule has 10 heteroatoms. The minimum atomic E-state index is -1.46. The molecule has 1 aliphatic heterocycles. The third kappa shape index (κ3) is 4.36. The molecular formula is C24H21BrClN3O5. The highest BCUT2D eigenvalue weighted by molar-refractivity contribution is 9.10. The second-order valence-electron chi connectivity index (χ2n) is 7.69. The summed E-state index contributed by atoms with van der Waals surface area (Å²) in [6, 6.07) is 17.2. The molecule has 34 heavy (non-hydrogen) atoms. The number of benzene rings is 3. The lowest BCUT2D eigenvalue weighted by atomic mass is 9.82. The van der Waals surface area contributed by atoms with Gasteiger partial charge in [-0.15, -0.1) is 11.6 Å². The average Bonchev–Trinajstić information content (AvgIpc) is 2.83. The molecule has 0 bridgehead atoms. The fraction of sp³-hybridized carbons (Fsp3) is 0.167. The van der Waals surface area contributed by atoms with Gasteiger partial charge in [-0.1, -0.05) is 34.1 Å². The number of anilines is 1. The number of methoxy groups -OCH3 is 1. The molecule has 3 aromatic rings. The number of rotatable bonds is 7. The second-order valence-corrected chi connectivity index (χ2v) is 9.28. The average molecular weight is 547 g/mol. The van der Waals surface area contributed by atoms with Gasteiger partial charge in [-0.05, 0) is 54.1 Å². The lowest BCUT2D eigenvalue weighted by Gasteiger charge is -2.52. The molecule has 3 aromatic carbocycles. The number of nitrogens with one attached hydrogen (secondary N) is 2. The molecule has 8 nitrogen and oxygen atoms in total. The molecule has 1 aliphatic rings. The second kappa shape index (κ2) is 9.44. The van der Waals surface area contributed by atoms with E-state index in [0.29, 0.717) is 5.56 Å². The number of β-lactam (4-membered cyclic amide) rings is 1. The molecule has 0 saturated carbocycles. The summed E-state index contributed by atoms with van der Waals surface area (Å²) in [5.41, 5.74) is 3.78. The molecule has 0 aliphatic carbocycles. The molecule has 1 fully saturated rings. The number of phenols is 2. The number of nitrogens with zero attached hydrogens (tertiary/aromatic N) is 1. The first-order valence-corrected chi connectivity index (χ1v) is 11.4. The summed E-state index contributed by atoms with van der Waals surface area (Å²) in [7, 11) is 1.43. The number of carbonyl (C=O) groups excluding carboxylic acids is 2. The molecule has 1 heterocycles. The number of halogens is 2. The van der Waals surface area contributed by atoms with Crippen LogP contribution in [-0.2, 0) is 4.79 Å². The normalized spacial score (nSPS) is 19.3. The summed E-state index contributed by atoms with van der Waals surface area (Å²) >= 11 is 10.2. The van der Waals surface area contributed by atoms with Crippen molar-refractivity contribution in [3.05, 3.63) is 82.3 Å². The number of aromatic hydroxyl groups is 2. The van der Waals surface area contributed by atoms with Gasteiger partial charge in [-0.3, -0.25) is 15.0 Å². The van der Waals surface area contributed by atoms with Gasteiger partial charge in [0, 0.05) is 16.7 Å². The zero-order valence-electron chi connectivity index (χ0n) is 18.0. The van der Waals surface area contributed by atoms with E-state index in [1.165, 1.54) is 25.3 Å². The van der Waals surface area contributed by atoms with Crippen LogP contribution in [0.3, 0.4) is 0 Å². The first-order chi connectivity index (χ1) is 16.2. The number of hydrazine groups is 1. The molecule has 4 N–H and O–H groups in total. The monoisotopic (exact) mass is 545 g/mol. The van der Waals surface area contributed by atoms with Crippen LogP contribution in [0.15, 0.2) is 71.2 Å². The van der Waals surface area contributed by atoms with E-state index < -0.39 is 22.7 Å². The summed E-state index contributed by atoms with van der Waals surface area (Å²) < 4.78 is 6.01. The number of ether oxygens (including phenoxy) is 1. The van der Waals surface area contributed by atoms with Crippen LogP contribution < -0.4 is 15.5 Å². The maximum Gasteiger partial charge on any atom is 0.273 e. The van der Waals surface area contributed by atoms with Crippen molar-refractivity contribution in [1.82, 2.24) is 10.4 Å². The van der Waals surface area contributed by atoms with E-state index in [1.807, 2.05) is 24.3 Å². The minimum Gasteiger partial charge on any atom is -0.507 e. The third-order valence-electron chi connectivity index (χ3n) is 5.55. The molecule has 0 radical (unpaired) electrons. The number of para-hydroxylation sites is 1. The molecule has 2 unspecified atom stereocenters. The van der Waals surface area contributed by atoms with Gasteiger partial charge in [0.05, 0.1) is 12.7 Å². The Morgan fingerprint density at radius 3 is 2.47 bits per heavy atom. The van der Waals surface area contributed by atoms with Crippen molar-refractivity contribution in [2.45, 2.75) is 10.9 Å². The zero-order valence-corrected chi connectivity index (χ0v) is 20.3. The van der Waals surface area contributed by atoms with Crippen molar-refractivity contribution in [1.29, 1.82) is 0 Å². The smallest absolute Gasteiger partial charge is 0.273 e. The SMILES string of the molecule is COc1ccc(C2N(NC(=O)c3ccccc3O)C(=O)C2(Cl)CNc2ccc(Br)cc2)cc1O. The molecule has 1 saturated heterocycles. The van der Waals surface area contributed by atoms with Crippen molar-refractivity contribution < 1.29 is 24.5 Å². The van der Waals surface area contributed by atoms with Crippen LogP contribution >= 0.6 is 27.5 Å². The molecule has 0 aromatic heterocycles.